The van der Waals surface area contributed by atoms with Crippen molar-refractivity contribution in [3.8, 4) is 11.5 Å². The van der Waals surface area contributed by atoms with E-state index in [0.717, 1.165) is 11.1 Å². The second-order valence-electron chi connectivity index (χ2n) is 7.69. The molecule has 0 fully saturated rings. The maximum absolute atomic E-state index is 10.9. The topological polar surface area (TPSA) is 82.8 Å². The molecular formula is C22H30N2O4. The number of benzene rings is 2. The van der Waals surface area contributed by atoms with Gasteiger partial charge in [0, 0.05) is 12.6 Å². The molecule has 0 aliphatic rings. The quantitative estimate of drug-likeness (QED) is 0.683. The molecule has 1 amide bonds. The van der Waals surface area contributed by atoms with Crippen LogP contribution in [0, 0.1) is 5.41 Å². The molecule has 0 bridgehead atoms. The molecule has 0 saturated carbocycles. The Balaban J connectivity index is 2.00. The first-order valence-electron chi connectivity index (χ1n) is 9.29. The molecule has 0 aromatic heterocycles. The summed E-state index contributed by atoms with van der Waals surface area (Å²) in [4.78, 5) is 10.9. The van der Waals surface area contributed by atoms with E-state index in [1.54, 1.807) is 7.11 Å². The van der Waals surface area contributed by atoms with Crippen LogP contribution >= 0.6 is 0 Å². The van der Waals surface area contributed by atoms with Crippen LogP contribution in [0.25, 0.3) is 0 Å². The van der Waals surface area contributed by atoms with Gasteiger partial charge in [-0.3, -0.25) is 0 Å². The van der Waals surface area contributed by atoms with Gasteiger partial charge in [-0.2, -0.15) is 0 Å². The van der Waals surface area contributed by atoms with Crippen LogP contribution in [0.3, 0.4) is 0 Å². The highest BCUT2D eigenvalue weighted by Crippen LogP contribution is 2.29. The van der Waals surface area contributed by atoms with Crippen LogP contribution in [0.2, 0.25) is 0 Å². The van der Waals surface area contributed by atoms with Crippen molar-refractivity contribution in [2.75, 3.05) is 13.7 Å². The second kappa shape index (κ2) is 9.99. The summed E-state index contributed by atoms with van der Waals surface area (Å²) in [5.41, 5.74) is 7.13. The van der Waals surface area contributed by atoms with Crippen molar-refractivity contribution in [2.24, 2.45) is 11.1 Å². The zero-order chi connectivity index (χ0) is 20.6. The number of carbonyl (C=O) groups excluding carboxylic acids is 1. The van der Waals surface area contributed by atoms with E-state index in [2.05, 4.69) is 26.1 Å². The van der Waals surface area contributed by atoms with Crippen LogP contribution in [0.1, 0.15) is 31.9 Å². The number of nitrogens with one attached hydrogen (secondary N) is 1. The number of nitrogens with two attached hydrogens (primary N) is 1. The Kier molecular flexibility index (Phi) is 7.70. The Morgan fingerprint density at radius 2 is 1.79 bits per heavy atom. The van der Waals surface area contributed by atoms with E-state index in [4.69, 9.17) is 19.9 Å². The average Bonchev–Trinajstić information content (AvgIpc) is 2.66. The molecule has 3 N–H and O–H groups in total. The fourth-order valence-corrected chi connectivity index (χ4v) is 2.70. The first-order chi connectivity index (χ1) is 13.3. The van der Waals surface area contributed by atoms with Gasteiger partial charge in [0.25, 0.3) is 0 Å². The van der Waals surface area contributed by atoms with Crippen LogP contribution in [-0.4, -0.2) is 25.9 Å². The van der Waals surface area contributed by atoms with E-state index in [1.807, 2.05) is 48.5 Å². The van der Waals surface area contributed by atoms with Crippen molar-refractivity contribution < 1.29 is 19.0 Å². The van der Waals surface area contributed by atoms with Crippen LogP contribution in [-0.2, 0) is 17.9 Å². The minimum atomic E-state index is -0.766. The predicted octanol–water partition coefficient (Wildman–Crippen LogP) is 3.87. The van der Waals surface area contributed by atoms with Gasteiger partial charge in [0.1, 0.15) is 13.2 Å². The van der Waals surface area contributed by atoms with Gasteiger partial charge < -0.3 is 25.3 Å². The molecule has 0 radical (unpaired) electrons. The lowest BCUT2D eigenvalue weighted by molar-refractivity contribution is 0.113. The Labute approximate surface area is 167 Å². The van der Waals surface area contributed by atoms with Crippen molar-refractivity contribution in [3.63, 3.8) is 0 Å². The van der Waals surface area contributed by atoms with Gasteiger partial charge in [0.05, 0.1) is 7.11 Å². The molecule has 28 heavy (non-hydrogen) atoms. The van der Waals surface area contributed by atoms with E-state index in [0.29, 0.717) is 24.7 Å². The van der Waals surface area contributed by atoms with Crippen molar-refractivity contribution in [1.29, 1.82) is 0 Å². The fraction of sp³-hybridized carbons (Fsp3) is 0.409. The van der Waals surface area contributed by atoms with Crippen molar-refractivity contribution >= 4 is 6.09 Å². The number of primary amides is 1. The predicted molar refractivity (Wildman–Crippen MR) is 109 cm³/mol. The van der Waals surface area contributed by atoms with Crippen LogP contribution in [0.5, 0.6) is 11.5 Å². The molecule has 0 aliphatic heterocycles. The third kappa shape index (κ3) is 6.78. The summed E-state index contributed by atoms with van der Waals surface area (Å²) in [6.45, 7) is 7.53. The number of methoxy groups -OCH3 is 1. The minimum absolute atomic E-state index is 0.0417. The molecule has 2 aromatic carbocycles. The number of hydrogen-bond donors (Lipinski definition) is 2. The Bertz CT molecular complexity index is 757. The van der Waals surface area contributed by atoms with E-state index < -0.39 is 6.09 Å². The van der Waals surface area contributed by atoms with Gasteiger partial charge in [-0.1, -0.05) is 57.2 Å². The molecule has 0 saturated heterocycles. The van der Waals surface area contributed by atoms with Gasteiger partial charge in [-0.05, 0) is 28.7 Å². The number of rotatable bonds is 9. The molecular weight excluding hydrogens is 356 g/mol. The minimum Gasteiger partial charge on any atom is -0.493 e. The summed E-state index contributed by atoms with van der Waals surface area (Å²) < 4.78 is 16.4. The summed E-state index contributed by atoms with van der Waals surface area (Å²) in [6.07, 6.45) is -0.766. The van der Waals surface area contributed by atoms with E-state index in [1.165, 1.54) is 0 Å². The highest BCUT2D eigenvalue weighted by molar-refractivity contribution is 5.64. The molecule has 1 unspecified atom stereocenters. The lowest BCUT2D eigenvalue weighted by Crippen LogP contribution is -2.44. The molecule has 2 aromatic rings. The van der Waals surface area contributed by atoms with Crippen LogP contribution < -0.4 is 20.5 Å². The third-order valence-electron chi connectivity index (χ3n) is 4.46. The van der Waals surface area contributed by atoms with Gasteiger partial charge in [0.15, 0.2) is 11.5 Å². The van der Waals surface area contributed by atoms with Crippen molar-refractivity contribution in [1.82, 2.24) is 5.32 Å². The SMILES string of the molecule is COc1cc(CNC(COC(N)=O)C(C)(C)C)ccc1OCc1ccccc1. The Morgan fingerprint density at radius 3 is 2.39 bits per heavy atom. The van der Waals surface area contributed by atoms with Gasteiger partial charge in [-0.25, -0.2) is 4.79 Å². The molecule has 152 valence electrons. The zero-order valence-electron chi connectivity index (χ0n) is 17.0. The number of hydrogen-bond acceptors (Lipinski definition) is 5. The maximum Gasteiger partial charge on any atom is 0.404 e. The average molecular weight is 386 g/mol. The molecule has 6 heteroatoms. The van der Waals surface area contributed by atoms with Crippen LogP contribution in [0.15, 0.2) is 48.5 Å². The standard InChI is InChI=1S/C22H30N2O4/c1-22(2,3)20(15-28-21(23)25)24-13-17-10-11-18(19(12-17)26-4)27-14-16-8-6-5-7-9-16/h5-12,20,24H,13-15H2,1-4H3,(H2,23,25). The lowest BCUT2D eigenvalue weighted by Gasteiger charge is -2.31. The largest absolute Gasteiger partial charge is 0.493 e. The number of ether oxygens (including phenoxy) is 3. The van der Waals surface area contributed by atoms with Crippen LogP contribution in [0.4, 0.5) is 4.79 Å². The normalized spacial score (nSPS) is 12.3. The van der Waals surface area contributed by atoms with Crippen molar-refractivity contribution in [2.45, 2.75) is 40.0 Å². The van der Waals surface area contributed by atoms with Gasteiger partial charge in [0.2, 0.25) is 0 Å². The third-order valence-corrected chi connectivity index (χ3v) is 4.46. The summed E-state index contributed by atoms with van der Waals surface area (Å²) in [7, 11) is 1.63. The highest BCUT2D eigenvalue weighted by atomic mass is 16.5. The van der Waals surface area contributed by atoms with Gasteiger partial charge >= 0.3 is 6.09 Å². The smallest absolute Gasteiger partial charge is 0.404 e. The number of carbonyl (C=O) groups is 1. The summed E-state index contributed by atoms with van der Waals surface area (Å²) >= 11 is 0. The Morgan fingerprint density at radius 1 is 1.07 bits per heavy atom. The van der Waals surface area contributed by atoms with E-state index in [-0.39, 0.29) is 18.1 Å². The monoisotopic (exact) mass is 386 g/mol. The molecule has 2 rings (SSSR count). The lowest BCUT2D eigenvalue weighted by atomic mass is 9.87. The zero-order valence-corrected chi connectivity index (χ0v) is 17.0. The summed E-state index contributed by atoms with van der Waals surface area (Å²) in [5, 5.41) is 3.43. The van der Waals surface area contributed by atoms with E-state index in [9.17, 15) is 4.79 Å². The second-order valence-corrected chi connectivity index (χ2v) is 7.69. The van der Waals surface area contributed by atoms with Crippen molar-refractivity contribution in [3.05, 3.63) is 59.7 Å². The maximum atomic E-state index is 10.9. The first kappa shape index (κ1) is 21.6. The Hall–Kier alpha value is -2.73. The highest BCUT2D eigenvalue weighted by Gasteiger charge is 2.25. The van der Waals surface area contributed by atoms with E-state index >= 15 is 0 Å². The first-order valence-corrected chi connectivity index (χ1v) is 9.29. The fourth-order valence-electron chi connectivity index (χ4n) is 2.70. The molecule has 1 atom stereocenters. The number of amides is 1. The molecule has 0 aliphatic carbocycles. The molecule has 0 spiro atoms. The molecule has 6 nitrogen and oxygen atoms in total. The summed E-state index contributed by atoms with van der Waals surface area (Å²) in [5.74, 6) is 1.37. The van der Waals surface area contributed by atoms with Gasteiger partial charge in [-0.15, -0.1) is 0 Å². The summed E-state index contributed by atoms with van der Waals surface area (Å²) in [6, 6.07) is 15.8. The molecule has 0 heterocycles.